The molecule has 2 unspecified atom stereocenters. The molecule has 1 aromatic rings. The highest BCUT2D eigenvalue weighted by molar-refractivity contribution is 5.69. The van der Waals surface area contributed by atoms with Crippen molar-refractivity contribution >= 4 is 5.97 Å². The molecule has 1 N–H and O–H groups in total. The number of imidazole rings is 1. The zero-order valence-electron chi connectivity index (χ0n) is 30.4. The van der Waals surface area contributed by atoms with E-state index in [-0.39, 0.29) is 18.2 Å². The number of nitrogens with zero attached hydrogens (tertiary/aromatic N) is 3. The number of hydrogen-bond donors (Lipinski definition) is 1. The Bertz CT molecular complexity index is 747. The molecule has 1 heterocycles. The van der Waals surface area contributed by atoms with E-state index in [0.717, 1.165) is 90.3 Å². The van der Waals surface area contributed by atoms with Crippen molar-refractivity contribution in [2.24, 2.45) is 0 Å². The summed E-state index contributed by atoms with van der Waals surface area (Å²) in [6.07, 6.45) is 35.0. The third-order valence-electron chi connectivity index (χ3n) is 9.38. The number of aromatic nitrogens is 2. The Morgan fingerprint density at radius 3 is 1.82 bits per heavy atom. The summed E-state index contributed by atoms with van der Waals surface area (Å²) >= 11 is 0. The summed E-state index contributed by atoms with van der Waals surface area (Å²) < 4.78 is 8.04. The topological polar surface area (TPSA) is 67.6 Å². The molecular formula is C39H75N3O3. The van der Waals surface area contributed by atoms with E-state index in [1.54, 1.807) is 0 Å². The van der Waals surface area contributed by atoms with Crippen LogP contribution in [0.5, 0.6) is 0 Å². The van der Waals surface area contributed by atoms with E-state index in [1.165, 1.54) is 83.5 Å². The molecule has 0 aromatic carbocycles. The number of hydrogen-bond acceptors (Lipinski definition) is 5. The first-order valence-electron chi connectivity index (χ1n) is 19.6. The second-order valence-corrected chi connectivity index (χ2v) is 13.8. The van der Waals surface area contributed by atoms with Crippen LogP contribution >= 0.6 is 0 Å². The Morgan fingerprint density at radius 1 is 0.733 bits per heavy atom. The van der Waals surface area contributed by atoms with Gasteiger partial charge in [-0.3, -0.25) is 9.69 Å². The monoisotopic (exact) mass is 634 g/mol. The van der Waals surface area contributed by atoms with Crippen LogP contribution in [0.3, 0.4) is 0 Å². The van der Waals surface area contributed by atoms with Crippen LogP contribution in [-0.4, -0.2) is 56.9 Å². The molecule has 6 nitrogen and oxygen atoms in total. The zero-order chi connectivity index (χ0) is 32.8. The van der Waals surface area contributed by atoms with Crippen molar-refractivity contribution in [1.82, 2.24) is 14.5 Å². The van der Waals surface area contributed by atoms with Crippen LogP contribution in [0.1, 0.15) is 188 Å². The normalized spacial score (nSPS) is 13.1. The molecule has 6 heteroatoms. The van der Waals surface area contributed by atoms with E-state index in [2.05, 4.69) is 42.1 Å². The molecule has 2 atom stereocenters. The van der Waals surface area contributed by atoms with Gasteiger partial charge in [-0.25, -0.2) is 4.98 Å². The molecule has 0 fully saturated rings. The van der Waals surface area contributed by atoms with Crippen molar-refractivity contribution in [3.8, 4) is 0 Å². The van der Waals surface area contributed by atoms with Gasteiger partial charge in [0.1, 0.15) is 6.10 Å². The molecule has 264 valence electrons. The van der Waals surface area contributed by atoms with Crippen LogP contribution < -0.4 is 0 Å². The fourth-order valence-electron chi connectivity index (χ4n) is 6.40. The number of carbonyl (C=O) groups is 1. The quantitative estimate of drug-likeness (QED) is 0.0616. The lowest BCUT2D eigenvalue weighted by molar-refractivity contribution is -0.150. The highest BCUT2D eigenvalue weighted by Gasteiger charge is 2.18. The molecule has 0 radical (unpaired) electrons. The molecule has 0 aliphatic heterocycles. The first kappa shape index (κ1) is 41.6. The summed E-state index contributed by atoms with van der Waals surface area (Å²) in [5.74, 6) is 0.00361. The number of unbranched alkanes of at least 4 members (excludes halogenated alkanes) is 17. The third kappa shape index (κ3) is 24.4. The summed E-state index contributed by atoms with van der Waals surface area (Å²) in [6.45, 7) is 11.6. The van der Waals surface area contributed by atoms with E-state index in [9.17, 15) is 9.90 Å². The van der Waals surface area contributed by atoms with Crippen LogP contribution in [0.25, 0.3) is 0 Å². The van der Waals surface area contributed by atoms with Crippen LogP contribution in [-0.2, 0) is 16.1 Å². The highest BCUT2D eigenvalue weighted by Crippen LogP contribution is 2.17. The Hall–Kier alpha value is -1.40. The lowest BCUT2D eigenvalue weighted by atomic mass is 10.0. The molecular weight excluding hydrogens is 558 g/mol. The number of carbonyl (C=O) groups excluding carboxylic acids is 1. The van der Waals surface area contributed by atoms with Crippen LogP contribution in [0.15, 0.2) is 18.7 Å². The average Bonchev–Trinajstić information content (AvgIpc) is 3.54. The van der Waals surface area contributed by atoms with Gasteiger partial charge in [0.15, 0.2) is 0 Å². The van der Waals surface area contributed by atoms with Gasteiger partial charge < -0.3 is 14.4 Å². The van der Waals surface area contributed by atoms with Crippen molar-refractivity contribution < 1.29 is 14.6 Å². The number of aliphatic hydroxyl groups is 1. The minimum Gasteiger partial charge on any atom is -0.462 e. The lowest BCUT2D eigenvalue weighted by Crippen LogP contribution is -2.41. The molecule has 1 aromatic heterocycles. The maximum atomic E-state index is 12.5. The Kier molecular flexibility index (Phi) is 27.7. The van der Waals surface area contributed by atoms with Crippen molar-refractivity contribution in [2.45, 2.75) is 213 Å². The van der Waals surface area contributed by atoms with Crippen LogP contribution in [0.2, 0.25) is 0 Å². The third-order valence-corrected chi connectivity index (χ3v) is 9.38. The summed E-state index contributed by atoms with van der Waals surface area (Å²) in [7, 11) is 0. The predicted molar refractivity (Wildman–Crippen MR) is 192 cm³/mol. The van der Waals surface area contributed by atoms with Crippen molar-refractivity contribution in [2.75, 3.05) is 13.1 Å². The van der Waals surface area contributed by atoms with E-state index < -0.39 is 0 Å². The molecule has 0 spiro atoms. The Balaban J connectivity index is 2.31. The van der Waals surface area contributed by atoms with Gasteiger partial charge in [0.05, 0.1) is 12.4 Å². The first-order valence-corrected chi connectivity index (χ1v) is 19.6. The molecule has 0 aliphatic rings. The van der Waals surface area contributed by atoms with Gasteiger partial charge in [-0.15, -0.1) is 0 Å². The summed E-state index contributed by atoms with van der Waals surface area (Å²) in [6, 6.07) is 0.346. The average molecular weight is 634 g/mol. The second kappa shape index (κ2) is 30.0. The van der Waals surface area contributed by atoms with Gasteiger partial charge >= 0.3 is 5.97 Å². The molecule has 0 amide bonds. The van der Waals surface area contributed by atoms with E-state index in [4.69, 9.17) is 4.74 Å². The fraction of sp³-hybridized carbons (Fsp3) is 0.897. The summed E-state index contributed by atoms with van der Waals surface area (Å²) in [5.41, 5.74) is 0. The summed E-state index contributed by atoms with van der Waals surface area (Å²) in [5, 5.41) is 10.9. The van der Waals surface area contributed by atoms with E-state index >= 15 is 0 Å². The second-order valence-electron chi connectivity index (χ2n) is 13.8. The van der Waals surface area contributed by atoms with Crippen molar-refractivity contribution in [3.05, 3.63) is 18.7 Å². The van der Waals surface area contributed by atoms with Crippen LogP contribution in [0.4, 0.5) is 0 Å². The van der Waals surface area contributed by atoms with E-state index in [1.807, 2.05) is 18.7 Å². The molecule has 45 heavy (non-hydrogen) atoms. The molecule has 0 saturated carbocycles. The van der Waals surface area contributed by atoms with Gasteiger partial charge in [0.25, 0.3) is 0 Å². The fourth-order valence-corrected chi connectivity index (χ4v) is 6.40. The van der Waals surface area contributed by atoms with Crippen molar-refractivity contribution in [1.29, 1.82) is 0 Å². The largest absolute Gasteiger partial charge is 0.462 e. The molecule has 0 bridgehead atoms. The van der Waals surface area contributed by atoms with Gasteiger partial charge in [-0.05, 0) is 58.4 Å². The molecule has 0 aliphatic carbocycles. The Labute approximate surface area is 279 Å². The lowest BCUT2D eigenvalue weighted by Gasteiger charge is -2.31. The smallest absolute Gasteiger partial charge is 0.306 e. The first-order chi connectivity index (χ1) is 22.0. The molecule has 0 saturated heterocycles. The summed E-state index contributed by atoms with van der Waals surface area (Å²) in [4.78, 5) is 19.2. The standard InChI is InChI=1S/C39H75N3O3/c1-5-8-11-12-13-14-15-16-18-23-26-37(43)34-42(36(4)33-41-32-30-40-35-41)31-25-20-17-19-24-29-39(44)45-38(27-21-9-6-2)28-22-10-7-3/h30,32,35-38,43H,5-29,31,33-34H2,1-4H3. The number of rotatable bonds is 33. The number of aliphatic hydroxyl groups excluding tert-OH is 1. The number of esters is 1. The predicted octanol–water partition coefficient (Wildman–Crippen LogP) is 10.7. The maximum Gasteiger partial charge on any atom is 0.306 e. The minimum atomic E-state index is -0.261. The van der Waals surface area contributed by atoms with Gasteiger partial charge in [0.2, 0.25) is 0 Å². The molecule has 1 rings (SSSR count). The highest BCUT2D eigenvalue weighted by atomic mass is 16.5. The van der Waals surface area contributed by atoms with E-state index in [0.29, 0.717) is 12.5 Å². The van der Waals surface area contributed by atoms with Crippen LogP contribution in [0, 0.1) is 0 Å². The minimum absolute atomic E-state index is 0.00361. The SMILES string of the molecule is CCCCCCCCCCCCC(O)CN(CCCCCCCC(=O)OC(CCCCC)CCCCC)C(C)Cn1ccnc1. The maximum absolute atomic E-state index is 12.5. The van der Waals surface area contributed by atoms with Gasteiger partial charge in [-0.1, -0.05) is 130 Å². The van der Waals surface area contributed by atoms with Gasteiger partial charge in [-0.2, -0.15) is 0 Å². The van der Waals surface area contributed by atoms with Crippen molar-refractivity contribution in [3.63, 3.8) is 0 Å². The Morgan fingerprint density at radius 2 is 1.24 bits per heavy atom. The number of ether oxygens (including phenoxy) is 1. The zero-order valence-corrected chi connectivity index (χ0v) is 30.4. The van der Waals surface area contributed by atoms with Gasteiger partial charge in [0, 0.05) is 37.9 Å².